The molecule has 1 saturated heterocycles. The van der Waals surface area contributed by atoms with Gasteiger partial charge in [0.2, 0.25) is 0 Å². The molecule has 2 aromatic carbocycles. The van der Waals surface area contributed by atoms with Gasteiger partial charge in [-0.3, -0.25) is 4.79 Å². The number of carbonyl (C=O) groups excluding carboxylic acids is 1. The number of anilines is 1. The van der Waals surface area contributed by atoms with Crippen molar-refractivity contribution in [2.45, 2.75) is 17.7 Å². The van der Waals surface area contributed by atoms with Gasteiger partial charge >= 0.3 is 0 Å². The standard InChI is InChI=1S/C20H20ClN7O4S/c1-27-8-4-7-19(27)24-33(30,31)14-6-3-5-13(9-14)23-20(29)15-10-16(21)17(11-18(15)32-2)28-12-22-25-26-28/h3,5-6,9-12H,4,7-8H2,1-2H3,(H,23,29)/b24-19-. The fourth-order valence-electron chi connectivity index (χ4n) is 3.37. The molecule has 0 bridgehead atoms. The molecule has 1 aliphatic heterocycles. The van der Waals surface area contributed by atoms with Crippen LogP contribution >= 0.6 is 11.6 Å². The molecule has 0 saturated carbocycles. The van der Waals surface area contributed by atoms with Crippen LogP contribution in [-0.2, 0) is 10.0 Å². The highest BCUT2D eigenvalue weighted by molar-refractivity contribution is 7.90. The Morgan fingerprint density at radius 1 is 1.27 bits per heavy atom. The second kappa shape index (κ2) is 9.16. The summed E-state index contributed by atoms with van der Waals surface area (Å²) in [6.07, 6.45) is 2.82. The molecule has 2 heterocycles. The van der Waals surface area contributed by atoms with Crippen LogP contribution in [0.2, 0.25) is 5.02 Å². The van der Waals surface area contributed by atoms with Crippen LogP contribution in [0.1, 0.15) is 23.2 Å². The quantitative estimate of drug-likeness (QED) is 0.558. The normalized spacial score (nSPS) is 15.1. The molecule has 0 unspecified atom stereocenters. The Hall–Kier alpha value is -3.51. The predicted molar refractivity (Wildman–Crippen MR) is 122 cm³/mol. The van der Waals surface area contributed by atoms with Crippen LogP contribution in [0.3, 0.4) is 0 Å². The number of carbonyl (C=O) groups is 1. The minimum absolute atomic E-state index is 0.0212. The van der Waals surface area contributed by atoms with Crippen molar-refractivity contribution >= 4 is 39.1 Å². The van der Waals surface area contributed by atoms with E-state index >= 15 is 0 Å². The highest BCUT2D eigenvalue weighted by Crippen LogP contribution is 2.30. The zero-order chi connectivity index (χ0) is 23.6. The maximum atomic E-state index is 12.9. The van der Waals surface area contributed by atoms with Crippen molar-refractivity contribution in [3.05, 3.63) is 53.3 Å². The maximum absolute atomic E-state index is 12.9. The van der Waals surface area contributed by atoms with Gasteiger partial charge in [0.15, 0.2) is 0 Å². The Morgan fingerprint density at radius 2 is 2.09 bits per heavy atom. The molecular weight excluding hydrogens is 470 g/mol. The molecule has 0 aliphatic carbocycles. The number of benzene rings is 2. The molecule has 1 N–H and O–H groups in total. The van der Waals surface area contributed by atoms with E-state index < -0.39 is 15.9 Å². The molecule has 0 atom stereocenters. The number of aromatic nitrogens is 4. The van der Waals surface area contributed by atoms with Crippen LogP contribution in [0.15, 0.2) is 52.0 Å². The molecular formula is C20H20ClN7O4S. The molecule has 13 heteroatoms. The second-order valence-corrected chi connectivity index (χ2v) is 9.26. The number of hydrogen-bond acceptors (Lipinski definition) is 7. The van der Waals surface area contributed by atoms with Gasteiger partial charge in [0.25, 0.3) is 15.9 Å². The third-order valence-corrected chi connectivity index (χ3v) is 6.66. The summed E-state index contributed by atoms with van der Waals surface area (Å²) in [5.74, 6) is 0.224. The lowest BCUT2D eigenvalue weighted by Gasteiger charge is -2.13. The van der Waals surface area contributed by atoms with Crippen LogP contribution in [0.4, 0.5) is 5.69 Å². The Labute approximate surface area is 195 Å². The van der Waals surface area contributed by atoms with Crippen LogP contribution in [0.25, 0.3) is 5.69 Å². The van der Waals surface area contributed by atoms with Gasteiger partial charge in [-0.2, -0.15) is 13.1 Å². The lowest BCUT2D eigenvalue weighted by molar-refractivity contribution is 0.102. The van der Waals surface area contributed by atoms with Crippen molar-refractivity contribution in [2.75, 3.05) is 26.0 Å². The number of ether oxygens (including phenoxy) is 1. The number of hydrogen-bond donors (Lipinski definition) is 1. The second-order valence-electron chi connectivity index (χ2n) is 7.25. The average molecular weight is 490 g/mol. The zero-order valence-electron chi connectivity index (χ0n) is 17.8. The number of amidine groups is 1. The summed E-state index contributed by atoms with van der Waals surface area (Å²) in [6, 6.07) is 8.86. The summed E-state index contributed by atoms with van der Waals surface area (Å²) in [4.78, 5) is 14.7. The van der Waals surface area contributed by atoms with Crippen molar-refractivity contribution < 1.29 is 17.9 Å². The molecule has 11 nitrogen and oxygen atoms in total. The van der Waals surface area contributed by atoms with E-state index in [9.17, 15) is 13.2 Å². The highest BCUT2D eigenvalue weighted by Gasteiger charge is 2.22. The Bertz CT molecular complexity index is 1330. The van der Waals surface area contributed by atoms with Crippen LogP contribution in [-0.4, -0.2) is 66.0 Å². The van der Waals surface area contributed by atoms with E-state index in [1.165, 1.54) is 48.5 Å². The molecule has 172 valence electrons. The monoisotopic (exact) mass is 489 g/mol. The molecule has 1 amide bonds. The van der Waals surface area contributed by atoms with E-state index in [0.717, 1.165) is 13.0 Å². The molecule has 4 rings (SSSR count). The first-order valence-corrected chi connectivity index (χ1v) is 11.7. The van der Waals surface area contributed by atoms with Crippen LogP contribution in [0, 0.1) is 0 Å². The van der Waals surface area contributed by atoms with Gasteiger partial charge in [0, 0.05) is 31.8 Å². The van der Waals surface area contributed by atoms with E-state index in [4.69, 9.17) is 16.3 Å². The van der Waals surface area contributed by atoms with E-state index in [1.54, 1.807) is 13.1 Å². The Kier molecular flexibility index (Phi) is 6.29. The van der Waals surface area contributed by atoms with Crippen molar-refractivity contribution in [1.82, 2.24) is 25.1 Å². The van der Waals surface area contributed by atoms with Gasteiger partial charge in [0.05, 0.1) is 28.3 Å². The SMILES string of the molecule is COc1cc(-n2cnnn2)c(Cl)cc1C(=O)Nc1cccc(S(=O)(=O)/N=C2/CCCN2C)c1. The largest absolute Gasteiger partial charge is 0.496 e. The molecule has 1 aromatic heterocycles. The number of amides is 1. The summed E-state index contributed by atoms with van der Waals surface area (Å²) >= 11 is 6.32. The zero-order valence-corrected chi connectivity index (χ0v) is 19.3. The number of nitrogens with one attached hydrogen (secondary N) is 1. The van der Waals surface area contributed by atoms with E-state index in [0.29, 0.717) is 17.9 Å². The first-order valence-electron chi connectivity index (χ1n) is 9.86. The van der Waals surface area contributed by atoms with Gasteiger partial charge in [-0.1, -0.05) is 17.7 Å². The Morgan fingerprint density at radius 3 is 2.76 bits per heavy atom. The summed E-state index contributed by atoms with van der Waals surface area (Å²) in [7, 11) is -0.703. The lowest BCUT2D eigenvalue weighted by Crippen LogP contribution is -2.20. The molecule has 0 radical (unpaired) electrons. The average Bonchev–Trinajstić information content (AvgIpc) is 3.46. The number of methoxy groups -OCH3 is 1. The fourth-order valence-corrected chi connectivity index (χ4v) is 4.76. The number of likely N-dealkylation sites (tertiary alicyclic amines) is 1. The van der Waals surface area contributed by atoms with Crippen molar-refractivity contribution in [3.63, 3.8) is 0 Å². The number of halogens is 1. The molecule has 33 heavy (non-hydrogen) atoms. The lowest BCUT2D eigenvalue weighted by atomic mass is 10.1. The van der Waals surface area contributed by atoms with Crippen LogP contribution in [0.5, 0.6) is 5.75 Å². The van der Waals surface area contributed by atoms with E-state index in [-0.39, 0.29) is 26.9 Å². The minimum atomic E-state index is -3.92. The third kappa shape index (κ3) is 4.81. The third-order valence-electron chi connectivity index (χ3n) is 5.06. The van der Waals surface area contributed by atoms with E-state index in [1.807, 2.05) is 4.90 Å². The topological polar surface area (TPSA) is 132 Å². The maximum Gasteiger partial charge on any atom is 0.284 e. The minimum Gasteiger partial charge on any atom is -0.496 e. The van der Waals surface area contributed by atoms with Gasteiger partial charge in [0.1, 0.15) is 17.9 Å². The first kappa shape index (κ1) is 22.7. The van der Waals surface area contributed by atoms with Gasteiger partial charge < -0.3 is 15.0 Å². The van der Waals surface area contributed by atoms with Crippen molar-refractivity contribution in [2.24, 2.45) is 4.40 Å². The van der Waals surface area contributed by atoms with Gasteiger partial charge in [-0.25, -0.2) is 0 Å². The van der Waals surface area contributed by atoms with Crippen molar-refractivity contribution in [1.29, 1.82) is 0 Å². The Balaban J connectivity index is 1.60. The summed E-state index contributed by atoms with van der Waals surface area (Å²) in [5, 5.41) is 13.8. The number of sulfonamides is 1. The van der Waals surface area contributed by atoms with E-state index in [2.05, 4.69) is 25.2 Å². The molecule has 1 aliphatic rings. The van der Waals surface area contributed by atoms with Gasteiger partial charge in [-0.05, 0) is 41.1 Å². The van der Waals surface area contributed by atoms with Crippen molar-refractivity contribution in [3.8, 4) is 11.4 Å². The molecule has 1 fully saturated rings. The molecule has 3 aromatic rings. The first-order chi connectivity index (χ1) is 15.8. The summed E-state index contributed by atoms with van der Waals surface area (Å²) in [6.45, 7) is 0.765. The van der Waals surface area contributed by atoms with Crippen LogP contribution < -0.4 is 10.1 Å². The summed E-state index contributed by atoms with van der Waals surface area (Å²) < 4.78 is 36.1. The number of rotatable bonds is 6. The highest BCUT2D eigenvalue weighted by atomic mass is 35.5. The fraction of sp³-hybridized carbons (Fsp3) is 0.250. The van der Waals surface area contributed by atoms with Gasteiger partial charge in [-0.15, -0.1) is 9.50 Å². The number of nitrogens with zero attached hydrogens (tertiary/aromatic N) is 6. The summed E-state index contributed by atoms with van der Waals surface area (Å²) in [5.41, 5.74) is 0.864. The smallest absolute Gasteiger partial charge is 0.284 e. The number of tetrazole rings is 1. The molecule has 0 spiro atoms. The predicted octanol–water partition coefficient (Wildman–Crippen LogP) is 2.39.